The van der Waals surface area contributed by atoms with Crippen molar-refractivity contribution in [2.24, 2.45) is 0 Å². The number of aromatic nitrogens is 1. The molecule has 3 rings (SSSR count). The van der Waals surface area contributed by atoms with Crippen LogP contribution in [0.25, 0.3) is 0 Å². The fourth-order valence-electron chi connectivity index (χ4n) is 3.73. The summed E-state index contributed by atoms with van der Waals surface area (Å²) in [6, 6.07) is 5.43. The smallest absolute Gasteiger partial charge is 0.272 e. The minimum Gasteiger partial charge on any atom is -0.393 e. The summed E-state index contributed by atoms with van der Waals surface area (Å²) in [6.07, 6.45) is 2.62. The number of fused-ring (bicyclic) bond motifs is 1. The first-order valence-electron chi connectivity index (χ1n) is 7.53. The van der Waals surface area contributed by atoms with Crippen LogP contribution in [-0.4, -0.2) is 52.3 Å². The van der Waals surface area contributed by atoms with Crippen molar-refractivity contribution in [3.8, 4) is 0 Å². The number of ether oxygens (including phenoxy) is 1. The molecule has 1 aliphatic heterocycles. The highest BCUT2D eigenvalue weighted by Crippen LogP contribution is 2.42. The number of methoxy groups -OCH3 is 1. The topological polar surface area (TPSA) is 62.7 Å². The van der Waals surface area contributed by atoms with Crippen LogP contribution in [0, 0.1) is 6.92 Å². The molecular formula is C16H22N2O3. The van der Waals surface area contributed by atoms with E-state index in [1.165, 1.54) is 0 Å². The number of aliphatic hydroxyl groups excluding tert-OH is 1. The Kier molecular flexibility index (Phi) is 3.71. The molecule has 3 atom stereocenters. The largest absolute Gasteiger partial charge is 0.393 e. The van der Waals surface area contributed by atoms with Crippen LogP contribution < -0.4 is 0 Å². The van der Waals surface area contributed by atoms with Gasteiger partial charge in [-0.15, -0.1) is 0 Å². The number of hydrogen-bond acceptors (Lipinski definition) is 4. The Labute approximate surface area is 124 Å². The number of pyridine rings is 1. The van der Waals surface area contributed by atoms with Crippen molar-refractivity contribution in [3.05, 3.63) is 29.6 Å². The van der Waals surface area contributed by atoms with Gasteiger partial charge in [0, 0.05) is 19.3 Å². The lowest BCUT2D eigenvalue weighted by molar-refractivity contribution is -0.0824. The van der Waals surface area contributed by atoms with Crippen LogP contribution in [0.3, 0.4) is 0 Å². The van der Waals surface area contributed by atoms with Crippen molar-refractivity contribution in [2.45, 2.75) is 50.4 Å². The second-order valence-electron chi connectivity index (χ2n) is 6.13. The summed E-state index contributed by atoms with van der Waals surface area (Å²) in [5.41, 5.74) is 1.02. The molecule has 1 saturated heterocycles. The van der Waals surface area contributed by atoms with Gasteiger partial charge in [0.15, 0.2) is 0 Å². The molecule has 5 nitrogen and oxygen atoms in total. The number of carbonyl (C=O) groups excluding carboxylic acids is 1. The van der Waals surface area contributed by atoms with Crippen LogP contribution >= 0.6 is 0 Å². The van der Waals surface area contributed by atoms with Crippen molar-refractivity contribution in [1.82, 2.24) is 9.88 Å². The number of hydrogen-bond donors (Lipinski definition) is 1. The minimum atomic E-state index is -0.350. The molecule has 0 aromatic carbocycles. The molecular weight excluding hydrogens is 268 g/mol. The van der Waals surface area contributed by atoms with E-state index in [-0.39, 0.29) is 23.7 Å². The minimum absolute atomic E-state index is 0.0546. The van der Waals surface area contributed by atoms with Gasteiger partial charge >= 0.3 is 0 Å². The summed E-state index contributed by atoms with van der Waals surface area (Å²) in [5.74, 6) is -0.0586. The van der Waals surface area contributed by atoms with Gasteiger partial charge < -0.3 is 14.7 Å². The van der Waals surface area contributed by atoms with E-state index < -0.39 is 0 Å². The van der Waals surface area contributed by atoms with E-state index >= 15 is 0 Å². The molecule has 0 radical (unpaired) electrons. The van der Waals surface area contributed by atoms with E-state index in [0.717, 1.165) is 25.0 Å². The predicted molar refractivity (Wildman–Crippen MR) is 78.0 cm³/mol. The van der Waals surface area contributed by atoms with E-state index in [1.807, 2.05) is 24.0 Å². The van der Waals surface area contributed by atoms with E-state index in [0.29, 0.717) is 18.7 Å². The molecule has 1 amide bonds. The van der Waals surface area contributed by atoms with Gasteiger partial charge in [-0.05, 0) is 44.7 Å². The molecule has 0 bridgehead atoms. The van der Waals surface area contributed by atoms with Gasteiger partial charge in [0.2, 0.25) is 0 Å². The molecule has 1 aromatic heterocycles. The van der Waals surface area contributed by atoms with Gasteiger partial charge in [-0.25, -0.2) is 4.98 Å². The number of rotatable bonds is 2. The van der Waals surface area contributed by atoms with E-state index in [9.17, 15) is 9.90 Å². The maximum atomic E-state index is 12.7. The highest BCUT2D eigenvalue weighted by atomic mass is 16.5. The Hall–Kier alpha value is -1.46. The third kappa shape index (κ3) is 2.45. The molecule has 21 heavy (non-hydrogen) atoms. The summed E-state index contributed by atoms with van der Waals surface area (Å²) in [4.78, 5) is 18.9. The SMILES string of the molecule is CO[C@@]12CC[C@H](O)C[C@@H]1N(C(=O)c1cccc(C)n1)CC2. The lowest BCUT2D eigenvalue weighted by Crippen LogP contribution is -2.52. The normalized spacial score (nSPS) is 32.0. The number of aliphatic hydroxyl groups is 1. The molecule has 114 valence electrons. The quantitative estimate of drug-likeness (QED) is 0.897. The maximum absolute atomic E-state index is 12.7. The molecule has 1 aromatic rings. The maximum Gasteiger partial charge on any atom is 0.272 e. The number of likely N-dealkylation sites (tertiary alicyclic amines) is 1. The van der Waals surface area contributed by atoms with Gasteiger partial charge in [0.05, 0.1) is 17.7 Å². The predicted octanol–water partition coefficient (Wildman–Crippen LogP) is 1.53. The van der Waals surface area contributed by atoms with Crippen molar-refractivity contribution in [3.63, 3.8) is 0 Å². The highest BCUT2D eigenvalue weighted by molar-refractivity contribution is 5.93. The number of aryl methyl sites for hydroxylation is 1. The summed E-state index contributed by atoms with van der Waals surface area (Å²) in [6.45, 7) is 2.55. The molecule has 1 N–H and O–H groups in total. The zero-order valence-electron chi connectivity index (χ0n) is 12.6. The van der Waals surface area contributed by atoms with Gasteiger partial charge in [0.25, 0.3) is 5.91 Å². The van der Waals surface area contributed by atoms with Crippen LogP contribution in [0.15, 0.2) is 18.2 Å². The lowest BCUT2D eigenvalue weighted by Gasteiger charge is -2.42. The van der Waals surface area contributed by atoms with Gasteiger partial charge in [-0.2, -0.15) is 0 Å². The average molecular weight is 290 g/mol. The molecule has 2 fully saturated rings. The highest BCUT2D eigenvalue weighted by Gasteiger charge is 2.52. The lowest BCUT2D eigenvalue weighted by atomic mass is 9.79. The van der Waals surface area contributed by atoms with Gasteiger partial charge in [-0.1, -0.05) is 6.07 Å². The monoisotopic (exact) mass is 290 g/mol. The fraction of sp³-hybridized carbons (Fsp3) is 0.625. The van der Waals surface area contributed by atoms with E-state index in [4.69, 9.17) is 4.74 Å². The average Bonchev–Trinajstić information content (AvgIpc) is 2.86. The fourth-order valence-corrected chi connectivity index (χ4v) is 3.73. The first-order chi connectivity index (χ1) is 10.1. The van der Waals surface area contributed by atoms with Gasteiger partial charge in [0.1, 0.15) is 5.69 Å². The second-order valence-corrected chi connectivity index (χ2v) is 6.13. The molecule has 5 heteroatoms. The van der Waals surface area contributed by atoms with Crippen molar-refractivity contribution >= 4 is 5.91 Å². The third-order valence-corrected chi connectivity index (χ3v) is 4.93. The van der Waals surface area contributed by atoms with E-state index in [1.54, 1.807) is 13.2 Å². The summed E-state index contributed by atoms with van der Waals surface area (Å²) in [5, 5.41) is 9.97. The Morgan fingerprint density at radius 2 is 2.29 bits per heavy atom. The Balaban J connectivity index is 1.87. The number of nitrogens with zero attached hydrogens (tertiary/aromatic N) is 2. The first-order valence-corrected chi connectivity index (χ1v) is 7.53. The zero-order valence-corrected chi connectivity index (χ0v) is 12.6. The van der Waals surface area contributed by atoms with Crippen LogP contribution in [-0.2, 0) is 4.74 Å². The summed E-state index contributed by atoms with van der Waals surface area (Å²) < 4.78 is 5.77. The first kappa shape index (κ1) is 14.5. The zero-order chi connectivity index (χ0) is 15.0. The Morgan fingerprint density at radius 1 is 1.48 bits per heavy atom. The standard InChI is InChI=1S/C16H22N2O3/c1-11-4-3-5-13(17-11)15(20)18-9-8-16(21-2)7-6-12(19)10-14(16)18/h3-5,12,14,19H,6-10H2,1-2H3/t12-,14-,16+/m0/s1. The summed E-state index contributed by atoms with van der Waals surface area (Å²) in [7, 11) is 1.71. The molecule has 2 aliphatic rings. The molecule has 1 aliphatic carbocycles. The van der Waals surface area contributed by atoms with Crippen molar-refractivity contribution < 1.29 is 14.6 Å². The molecule has 2 heterocycles. The van der Waals surface area contributed by atoms with Crippen LogP contribution in [0.4, 0.5) is 0 Å². The second kappa shape index (κ2) is 5.39. The van der Waals surface area contributed by atoms with E-state index in [2.05, 4.69) is 4.98 Å². The van der Waals surface area contributed by atoms with Crippen LogP contribution in [0.2, 0.25) is 0 Å². The van der Waals surface area contributed by atoms with Crippen molar-refractivity contribution in [1.29, 1.82) is 0 Å². The number of carbonyl (C=O) groups is 1. The Bertz CT molecular complexity index is 548. The number of amides is 1. The van der Waals surface area contributed by atoms with Crippen LogP contribution in [0.5, 0.6) is 0 Å². The molecule has 0 unspecified atom stereocenters. The van der Waals surface area contributed by atoms with Crippen molar-refractivity contribution in [2.75, 3.05) is 13.7 Å². The van der Waals surface area contributed by atoms with Gasteiger partial charge in [-0.3, -0.25) is 4.79 Å². The Morgan fingerprint density at radius 3 is 3.00 bits per heavy atom. The molecule has 1 saturated carbocycles. The molecule has 0 spiro atoms. The summed E-state index contributed by atoms with van der Waals surface area (Å²) >= 11 is 0. The van der Waals surface area contributed by atoms with Crippen LogP contribution in [0.1, 0.15) is 41.9 Å². The third-order valence-electron chi connectivity index (χ3n) is 4.93.